The second-order valence-electron chi connectivity index (χ2n) is 7.02. The predicted molar refractivity (Wildman–Crippen MR) is 76.7 cm³/mol. The number of nitrogens with zero attached hydrogens (tertiary/aromatic N) is 2. The van der Waals surface area contributed by atoms with Gasteiger partial charge in [0, 0.05) is 13.1 Å². The maximum atomic E-state index is 12.8. The molecule has 2 saturated heterocycles. The van der Waals surface area contributed by atoms with Crippen LogP contribution in [0.25, 0.3) is 0 Å². The van der Waals surface area contributed by atoms with Crippen LogP contribution in [-0.2, 0) is 9.59 Å². The number of carbonyl (C=O) groups is 3. The van der Waals surface area contributed by atoms with E-state index in [1.807, 2.05) is 0 Å². The molecular formula is C15H20F3N3O3. The first-order chi connectivity index (χ1) is 11.1. The fourth-order valence-corrected chi connectivity index (χ4v) is 3.50. The van der Waals surface area contributed by atoms with Crippen molar-refractivity contribution in [3.05, 3.63) is 0 Å². The van der Waals surface area contributed by atoms with Crippen LogP contribution in [-0.4, -0.2) is 59.0 Å². The Labute approximate surface area is 137 Å². The largest absolute Gasteiger partial charge is 0.393 e. The van der Waals surface area contributed by atoms with Crippen LogP contribution in [0.15, 0.2) is 0 Å². The summed E-state index contributed by atoms with van der Waals surface area (Å²) in [5, 5.41) is 2.62. The van der Waals surface area contributed by atoms with Gasteiger partial charge in [-0.3, -0.25) is 14.5 Å². The van der Waals surface area contributed by atoms with E-state index in [-0.39, 0.29) is 25.3 Å². The number of hydrogen-bond acceptors (Lipinski definition) is 3. The Kier molecular flexibility index (Phi) is 4.00. The van der Waals surface area contributed by atoms with Gasteiger partial charge in [0.15, 0.2) is 0 Å². The van der Waals surface area contributed by atoms with Crippen LogP contribution in [0.4, 0.5) is 18.0 Å². The van der Waals surface area contributed by atoms with Gasteiger partial charge in [0.25, 0.3) is 5.91 Å². The van der Waals surface area contributed by atoms with Crippen LogP contribution in [0.2, 0.25) is 0 Å². The number of nitrogens with one attached hydrogen (secondary N) is 1. The maximum absolute atomic E-state index is 12.8. The van der Waals surface area contributed by atoms with Crippen molar-refractivity contribution in [1.29, 1.82) is 0 Å². The van der Waals surface area contributed by atoms with E-state index in [2.05, 4.69) is 5.32 Å². The lowest BCUT2D eigenvalue weighted by Gasteiger charge is -2.34. The summed E-state index contributed by atoms with van der Waals surface area (Å²) < 4.78 is 38.5. The standard InChI is InChI=1S/C15H20F3N3O3/c1-14(9-4-5-9)12(23)21(13(24)19-14)8-11(22)20-6-2-3-10(7-20)15(16,17)18/h9-10H,2-8H2,1H3,(H,19,24)/t10-,14+/m1/s1. The number of carbonyl (C=O) groups excluding carboxylic acids is 3. The Bertz CT molecular complexity index is 576. The van der Waals surface area contributed by atoms with Gasteiger partial charge in [-0.25, -0.2) is 4.79 Å². The molecule has 6 nitrogen and oxygen atoms in total. The molecule has 2 atom stereocenters. The predicted octanol–water partition coefficient (Wildman–Crippen LogP) is 1.51. The molecule has 1 N–H and O–H groups in total. The molecule has 1 saturated carbocycles. The smallest absolute Gasteiger partial charge is 0.341 e. The van der Waals surface area contributed by atoms with Crippen LogP contribution in [0.5, 0.6) is 0 Å². The summed E-state index contributed by atoms with van der Waals surface area (Å²) in [5.41, 5.74) is -0.992. The molecule has 2 aliphatic heterocycles. The van der Waals surface area contributed by atoms with Gasteiger partial charge in [-0.2, -0.15) is 13.2 Å². The fourth-order valence-electron chi connectivity index (χ4n) is 3.50. The summed E-state index contributed by atoms with van der Waals surface area (Å²) in [6.45, 7) is 0.939. The molecule has 1 aliphatic carbocycles. The molecule has 0 bridgehead atoms. The van der Waals surface area contributed by atoms with Gasteiger partial charge in [0.05, 0.1) is 5.92 Å². The normalized spacial score (nSPS) is 31.4. The van der Waals surface area contributed by atoms with Crippen molar-refractivity contribution in [3.63, 3.8) is 0 Å². The third-order valence-electron chi connectivity index (χ3n) is 5.23. The minimum atomic E-state index is -4.34. The molecule has 134 valence electrons. The lowest BCUT2D eigenvalue weighted by Crippen LogP contribution is -2.50. The summed E-state index contributed by atoms with van der Waals surface area (Å²) in [5.74, 6) is -2.56. The highest BCUT2D eigenvalue weighted by Gasteiger charge is 2.56. The molecule has 3 rings (SSSR count). The van der Waals surface area contributed by atoms with Crippen LogP contribution >= 0.6 is 0 Å². The van der Waals surface area contributed by atoms with Crippen molar-refractivity contribution in [2.45, 2.75) is 44.3 Å². The van der Waals surface area contributed by atoms with Crippen molar-refractivity contribution in [3.8, 4) is 0 Å². The van der Waals surface area contributed by atoms with Gasteiger partial charge in [-0.05, 0) is 38.5 Å². The number of alkyl halides is 3. The first-order valence-electron chi connectivity index (χ1n) is 8.11. The van der Waals surface area contributed by atoms with E-state index in [4.69, 9.17) is 0 Å². The van der Waals surface area contributed by atoms with Gasteiger partial charge in [0.2, 0.25) is 5.91 Å². The summed E-state index contributed by atoms with van der Waals surface area (Å²) in [4.78, 5) is 38.7. The minimum Gasteiger partial charge on any atom is -0.341 e. The number of hydrogen-bond donors (Lipinski definition) is 1. The molecule has 3 fully saturated rings. The average Bonchev–Trinajstić information content (AvgIpc) is 3.33. The average molecular weight is 347 g/mol. The topological polar surface area (TPSA) is 69.7 Å². The molecule has 4 amide bonds. The third-order valence-corrected chi connectivity index (χ3v) is 5.23. The molecule has 0 aromatic heterocycles. The summed E-state index contributed by atoms with van der Waals surface area (Å²) >= 11 is 0. The molecule has 9 heteroatoms. The first kappa shape index (κ1) is 17.0. The lowest BCUT2D eigenvalue weighted by molar-refractivity contribution is -0.188. The van der Waals surface area contributed by atoms with Crippen LogP contribution < -0.4 is 5.32 Å². The Hall–Kier alpha value is -1.80. The number of halogens is 3. The zero-order chi connectivity index (χ0) is 17.7. The number of rotatable bonds is 3. The maximum Gasteiger partial charge on any atom is 0.393 e. The second-order valence-corrected chi connectivity index (χ2v) is 7.02. The van der Waals surface area contributed by atoms with Gasteiger partial charge in [-0.15, -0.1) is 0 Å². The molecule has 0 unspecified atom stereocenters. The van der Waals surface area contributed by atoms with Gasteiger partial charge in [-0.1, -0.05) is 0 Å². The summed E-state index contributed by atoms with van der Waals surface area (Å²) in [6, 6.07) is -0.646. The Morgan fingerprint density at radius 2 is 1.96 bits per heavy atom. The van der Waals surface area contributed by atoms with Crippen molar-refractivity contribution in [1.82, 2.24) is 15.1 Å². The first-order valence-corrected chi connectivity index (χ1v) is 8.11. The van der Waals surface area contributed by atoms with Crippen LogP contribution in [0.3, 0.4) is 0 Å². The number of urea groups is 1. The van der Waals surface area contributed by atoms with Crippen LogP contribution in [0.1, 0.15) is 32.6 Å². The molecule has 2 heterocycles. The van der Waals surface area contributed by atoms with Crippen molar-refractivity contribution in [2.24, 2.45) is 11.8 Å². The van der Waals surface area contributed by atoms with E-state index >= 15 is 0 Å². The Morgan fingerprint density at radius 3 is 2.54 bits per heavy atom. The molecule has 0 radical (unpaired) electrons. The summed E-state index contributed by atoms with van der Waals surface area (Å²) in [7, 11) is 0. The Morgan fingerprint density at radius 1 is 1.29 bits per heavy atom. The second kappa shape index (κ2) is 5.63. The highest BCUT2D eigenvalue weighted by molar-refractivity contribution is 6.09. The van der Waals surface area contributed by atoms with E-state index in [1.165, 1.54) is 0 Å². The number of piperidine rings is 1. The number of likely N-dealkylation sites (tertiary alicyclic amines) is 1. The SMILES string of the molecule is C[C@@]1(C2CC2)NC(=O)N(CC(=O)N2CCC[C@@H](C(F)(F)F)C2)C1=O. The van der Waals surface area contributed by atoms with Gasteiger partial charge in [0.1, 0.15) is 12.1 Å². The third kappa shape index (κ3) is 2.95. The fraction of sp³-hybridized carbons (Fsp3) is 0.800. The van der Waals surface area contributed by atoms with E-state index in [1.54, 1.807) is 6.92 Å². The van der Waals surface area contributed by atoms with Crippen LogP contribution in [0, 0.1) is 11.8 Å². The molecule has 0 spiro atoms. The molecule has 3 aliphatic rings. The van der Waals surface area contributed by atoms with E-state index in [0.717, 1.165) is 22.6 Å². The number of amides is 4. The van der Waals surface area contributed by atoms with E-state index in [0.29, 0.717) is 0 Å². The molecule has 24 heavy (non-hydrogen) atoms. The van der Waals surface area contributed by atoms with Crippen molar-refractivity contribution in [2.75, 3.05) is 19.6 Å². The van der Waals surface area contributed by atoms with Crippen molar-refractivity contribution >= 4 is 17.8 Å². The van der Waals surface area contributed by atoms with Gasteiger partial charge < -0.3 is 10.2 Å². The molecular weight excluding hydrogens is 327 g/mol. The summed E-state index contributed by atoms with van der Waals surface area (Å²) in [6.07, 6.45) is -2.41. The van der Waals surface area contributed by atoms with Gasteiger partial charge >= 0.3 is 12.2 Å². The molecule has 0 aromatic carbocycles. The lowest BCUT2D eigenvalue weighted by atomic mass is 9.96. The highest BCUT2D eigenvalue weighted by Crippen LogP contribution is 2.42. The quantitative estimate of drug-likeness (QED) is 0.787. The minimum absolute atomic E-state index is 0.00381. The molecule has 0 aromatic rings. The number of imide groups is 1. The highest BCUT2D eigenvalue weighted by atomic mass is 19.4. The van der Waals surface area contributed by atoms with E-state index in [9.17, 15) is 27.6 Å². The zero-order valence-electron chi connectivity index (χ0n) is 13.4. The monoisotopic (exact) mass is 347 g/mol. The zero-order valence-corrected chi connectivity index (χ0v) is 13.4. The van der Waals surface area contributed by atoms with E-state index < -0.39 is 48.6 Å². The van der Waals surface area contributed by atoms with Crippen molar-refractivity contribution < 1.29 is 27.6 Å². The Balaban J connectivity index is 1.64.